The third-order valence-electron chi connectivity index (χ3n) is 4.34. The van der Waals surface area contributed by atoms with Crippen LogP contribution in [0.1, 0.15) is 39.5 Å². The lowest BCUT2D eigenvalue weighted by atomic mass is 9.79. The van der Waals surface area contributed by atoms with Gasteiger partial charge in [-0.2, -0.15) is 0 Å². The van der Waals surface area contributed by atoms with Gasteiger partial charge in [-0.25, -0.2) is 0 Å². The predicted octanol–water partition coefficient (Wildman–Crippen LogP) is 5.24. The lowest BCUT2D eigenvalue weighted by Crippen LogP contribution is -2.39. The second kappa shape index (κ2) is 8.31. The van der Waals surface area contributed by atoms with Gasteiger partial charge in [0.15, 0.2) is 0 Å². The number of hydrogen-bond acceptors (Lipinski definition) is 2. The highest BCUT2D eigenvalue weighted by Crippen LogP contribution is 2.32. The van der Waals surface area contributed by atoms with Crippen LogP contribution in [-0.2, 0) is 0 Å². The van der Waals surface area contributed by atoms with Gasteiger partial charge in [-0.3, -0.25) is 0 Å². The number of halogens is 1. The Morgan fingerprint density at radius 3 is 2.45 bits per heavy atom. The van der Waals surface area contributed by atoms with E-state index in [1.54, 1.807) is 0 Å². The van der Waals surface area contributed by atoms with Crippen molar-refractivity contribution < 1.29 is 0 Å². The number of rotatable bonds is 6. The Bertz CT molecular complexity index is 384. The second-order valence-corrected chi connectivity index (χ2v) is 7.48. The van der Waals surface area contributed by atoms with Gasteiger partial charge in [-0.1, -0.05) is 38.3 Å². The summed E-state index contributed by atoms with van der Waals surface area (Å²) in [5, 5.41) is 4.52. The summed E-state index contributed by atoms with van der Waals surface area (Å²) in [4.78, 5) is 1.32. The molecule has 20 heavy (non-hydrogen) atoms. The van der Waals surface area contributed by atoms with Gasteiger partial charge >= 0.3 is 0 Å². The molecule has 1 nitrogen and oxygen atoms in total. The number of nitrogens with one attached hydrogen (secondary N) is 1. The summed E-state index contributed by atoms with van der Waals surface area (Å²) < 4.78 is 0. The van der Waals surface area contributed by atoms with Crippen molar-refractivity contribution in [1.29, 1.82) is 0 Å². The van der Waals surface area contributed by atoms with Crippen LogP contribution in [-0.4, -0.2) is 18.3 Å². The molecule has 0 heterocycles. The van der Waals surface area contributed by atoms with Crippen LogP contribution in [0.2, 0.25) is 5.02 Å². The molecule has 0 saturated heterocycles. The Morgan fingerprint density at radius 2 is 1.85 bits per heavy atom. The molecule has 112 valence electrons. The van der Waals surface area contributed by atoms with Crippen molar-refractivity contribution in [2.45, 2.75) is 50.5 Å². The van der Waals surface area contributed by atoms with E-state index in [0.29, 0.717) is 6.04 Å². The fraction of sp³-hybridized carbons (Fsp3) is 0.647. The first-order valence-corrected chi connectivity index (χ1v) is 9.17. The minimum atomic E-state index is 0.646. The largest absolute Gasteiger partial charge is 0.313 e. The van der Waals surface area contributed by atoms with Gasteiger partial charge < -0.3 is 5.32 Å². The van der Waals surface area contributed by atoms with Gasteiger partial charge in [0, 0.05) is 21.7 Å². The molecular weight excluding hydrogens is 286 g/mol. The molecule has 0 aliphatic heterocycles. The molecule has 0 spiro atoms. The molecule has 0 bridgehead atoms. The van der Waals surface area contributed by atoms with Crippen LogP contribution in [0.25, 0.3) is 0 Å². The SMILES string of the molecule is CCNC(CSc1ccc(Cl)cc1)C1CCC(C)CC1. The Balaban J connectivity index is 1.87. The molecule has 2 rings (SSSR count). The molecule has 1 aromatic carbocycles. The predicted molar refractivity (Wildman–Crippen MR) is 90.8 cm³/mol. The van der Waals surface area contributed by atoms with Crippen LogP contribution in [0, 0.1) is 11.8 Å². The molecule has 1 N–H and O–H groups in total. The lowest BCUT2D eigenvalue weighted by molar-refractivity contribution is 0.243. The van der Waals surface area contributed by atoms with Gasteiger partial charge in [0.2, 0.25) is 0 Å². The van der Waals surface area contributed by atoms with Crippen molar-refractivity contribution in [1.82, 2.24) is 5.32 Å². The van der Waals surface area contributed by atoms with Crippen molar-refractivity contribution >= 4 is 23.4 Å². The van der Waals surface area contributed by atoms with E-state index in [4.69, 9.17) is 11.6 Å². The molecule has 1 fully saturated rings. The Morgan fingerprint density at radius 1 is 1.20 bits per heavy atom. The zero-order valence-electron chi connectivity index (χ0n) is 12.6. The summed E-state index contributed by atoms with van der Waals surface area (Å²) in [7, 11) is 0. The summed E-state index contributed by atoms with van der Waals surface area (Å²) in [5.74, 6) is 2.94. The van der Waals surface area contributed by atoms with E-state index in [1.807, 2.05) is 23.9 Å². The minimum Gasteiger partial charge on any atom is -0.313 e. The van der Waals surface area contributed by atoms with E-state index in [9.17, 15) is 0 Å². The van der Waals surface area contributed by atoms with Crippen LogP contribution >= 0.6 is 23.4 Å². The molecule has 1 aliphatic rings. The third kappa shape index (κ3) is 4.98. The van der Waals surface area contributed by atoms with Crippen molar-refractivity contribution in [2.75, 3.05) is 12.3 Å². The average molecular weight is 312 g/mol. The second-order valence-electron chi connectivity index (χ2n) is 5.95. The van der Waals surface area contributed by atoms with Crippen LogP contribution in [0.5, 0.6) is 0 Å². The highest BCUT2D eigenvalue weighted by Gasteiger charge is 2.25. The maximum Gasteiger partial charge on any atom is 0.0406 e. The fourth-order valence-corrected chi connectivity index (χ4v) is 4.25. The highest BCUT2D eigenvalue weighted by atomic mass is 35.5. The highest BCUT2D eigenvalue weighted by molar-refractivity contribution is 7.99. The Hall–Kier alpha value is -0.180. The number of benzene rings is 1. The van der Waals surface area contributed by atoms with Crippen molar-refractivity contribution in [3.63, 3.8) is 0 Å². The van der Waals surface area contributed by atoms with Gasteiger partial charge in [-0.15, -0.1) is 11.8 Å². The van der Waals surface area contributed by atoms with E-state index >= 15 is 0 Å². The average Bonchev–Trinajstić information content (AvgIpc) is 2.46. The first-order chi connectivity index (χ1) is 9.69. The van der Waals surface area contributed by atoms with Crippen LogP contribution < -0.4 is 5.32 Å². The topological polar surface area (TPSA) is 12.0 Å². The molecular formula is C17H26ClNS. The summed E-state index contributed by atoms with van der Waals surface area (Å²) >= 11 is 7.89. The lowest BCUT2D eigenvalue weighted by Gasteiger charge is -2.33. The monoisotopic (exact) mass is 311 g/mol. The summed E-state index contributed by atoms with van der Waals surface area (Å²) in [6.45, 7) is 5.67. The minimum absolute atomic E-state index is 0.646. The van der Waals surface area contributed by atoms with Gasteiger partial charge in [0.25, 0.3) is 0 Å². The van der Waals surface area contributed by atoms with Crippen molar-refractivity contribution in [2.24, 2.45) is 11.8 Å². The summed E-state index contributed by atoms with van der Waals surface area (Å²) in [5.41, 5.74) is 0. The molecule has 0 amide bonds. The fourth-order valence-electron chi connectivity index (χ4n) is 3.03. The van der Waals surface area contributed by atoms with Crippen LogP contribution in [0.4, 0.5) is 0 Å². The molecule has 0 aromatic heterocycles. The zero-order valence-corrected chi connectivity index (χ0v) is 14.1. The summed E-state index contributed by atoms with van der Waals surface area (Å²) in [6, 6.07) is 8.86. The Labute approximate surface area is 132 Å². The van der Waals surface area contributed by atoms with Gasteiger partial charge in [-0.05, 0) is 55.5 Å². The maximum atomic E-state index is 5.94. The first-order valence-electron chi connectivity index (χ1n) is 7.80. The van der Waals surface area contributed by atoms with E-state index in [-0.39, 0.29) is 0 Å². The van der Waals surface area contributed by atoms with Crippen molar-refractivity contribution in [3.05, 3.63) is 29.3 Å². The molecule has 1 atom stereocenters. The van der Waals surface area contributed by atoms with E-state index in [2.05, 4.69) is 31.3 Å². The molecule has 1 saturated carbocycles. The van der Waals surface area contributed by atoms with Gasteiger partial charge in [0.05, 0.1) is 0 Å². The molecule has 1 aliphatic carbocycles. The maximum absolute atomic E-state index is 5.94. The molecule has 1 aromatic rings. The number of thioether (sulfide) groups is 1. The number of hydrogen-bond donors (Lipinski definition) is 1. The standard InChI is InChI=1S/C17H26ClNS/c1-3-19-17(14-6-4-13(2)5-7-14)12-20-16-10-8-15(18)9-11-16/h8-11,13-14,17,19H,3-7,12H2,1-2H3. The van der Waals surface area contributed by atoms with Crippen LogP contribution in [0.3, 0.4) is 0 Å². The molecule has 1 unspecified atom stereocenters. The zero-order chi connectivity index (χ0) is 14.4. The first kappa shape index (κ1) is 16.2. The van der Waals surface area contributed by atoms with Gasteiger partial charge in [0.1, 0.15) is 0 Å². The van der Waals surface area contributed by atoms with Crippen molar-refractivity contribution in [3.8, 4) is 0 Å². The Kier molecular flexibility index (Phi) is 6.73. The quantitative estimate of drug-likeness (QED) is 0.721. The normalized spacial score (nSPS) is 24.6. The smallest absolute Gasteiger partial charge is 0.0406 e. The van der Waals surface area contributed by atoms with E-state index in [0.717, 1.165) is 29.2 Å². The van der Waals surface area contributed by atoms with E-state index in [1.165, 1.54) is 30.6 Å². The van der Waals surface area contributed by atoms with E-state index < -0.39 is 0 Å². The van der Waals surface area contributed by atoms with Crippen LogP contribution in [0.15, 0.2) is 29.2 Å². The third-order valence-corrected chi connectivity index (χ3v) is 5.72. The molecule has 0 radical (unpaired) electrons. The summed E-state index contributed by atoms with van der Waals surface area (Å²) in [6.07, 6.45) is 5.58. The molecule has 3 heteroatoms.